The number of nitrogens with zero attached hydrogens (tertiary/aromatic N) is 1. The molecule has 0 aliphatic rings. The van der Waals surface area contributed by atoms with Gasteiger partial charge in [0, 0.05) is 29.3 Å². The van der Waals surface area contributed by atoms with E-state index >= 15 is 0 Å². The maximum absolute atomic E-state index is 13.8. The van der Waals surface area contributed by atoms with Gasteiger partial charge in [-0.1, -0.05) is 23.2 Å². The number of aryl methyl sites for hydroxylation is 1. The maximum atomic E-state index is 13.8. The molecule has 0 saturated heterocycles. The predicted molar refractivity (Wildman–Crippen MR) is 146 cm³/mol. The summed E-state index contributed by atoms with van der Waals surface area (Å²) in [4.78, 5) is 13.8. The van der Waals surface area contributed by atoms with E-state index in [1.54, 1.807) is 6.92 Å². The summed E-state index contributed by atoms with van der Waals surface area (Å²) < 4.78 is 71.0. The van der Waals surface area contributed by atoms with Crippen molar-refractivity contribution in [2.45, 2.75) is 23.6 Å². The van der Waals surface area contributed by atoms with E-state index in [4.69, 9.17) is 23.2 Å². The Morgan fingerprint density at radius 3 is 2.19 bits per heavy atom. The highest BCUT2D eigenvalue weighted by Gasteiger charge is 2.27. The van der Waals surface area contributed by atoms with Crippen molar-refractivity contribution in [3.05, 3.63) is 80.0 Å². The number of anilines is 2. The van der Waals surface area contributed by atoms with Gasteiger partial charge < -0.3 is 4.90 Å². The van der Waals surface area contributed by atoms with Crippen LogP contribution < -0.4 is 9.44 Å². The quantitative estimate of drug-likeness (QED) is 0.315. The highest BCUT2D eigenvalue weighted by Crippen LogP contribution is 2.30. The number of nitrogens with one attached hydrogen (secondary N) is 2. The molecule has 0 aliphatic carbocycles. The van der Waals surface area contributed by atoms with Crippen molar-refractivity contribution in [2.24, 2.45) is 0 Å². The van der Waals surface area contributed by atoms with Gasteiger partial charge in [-0.2, -0.15) is 0 Å². The van der Waals surface area contributed by atoms with Crippen LogP contribution in [0.25, 0.3) is 0 Å². The molecule has 8 nitrogen and oxygen atoms in total. The topological polar surface area (TPSA) is 113 Å². The molecule has 37 heavy (non-hydrogen) atoms. The lowest BCUT2D eigenvalue weighted by molar-refractivity contribution is 0.0798. The zero-order valence-corrected chi connectivity index (χ0v) is 24.4. The first-order valence-electron chi connectivity index (χ1n) is 10.5. The summed E-state index contributed by atoms with van der Waals surface area (Å²) in [5.41, 5.74) is 0.0640. The van der Waals surface area contributed by atoms with Crippen LogP contribution in [0.4, 0.5) is 15.8 Å². The second-order valence-electron chi connectivity index (χ2n) is 7.93. The molecule has 14 heteroatoms. The largest absolute Gasteiger partial charge is 0.342 e. The van der Waals surface area contributed by atoms with E-state index in [0.717, 1.165) is 18.2 Å². The van der Waals surface area contributed by atoms with Crippen molar-refractivity contribution >= 4 is 76.5 Å². The lowest BCUT2D eigenvalue weighted by Gasteiger charge is -2.19. The zero-order valence-electron chi connectivity index (χ0n) is 19.6. The van der Waals surface area contributed by atoms with Crippen LogP contribution in [-0.2, 0) is 20.0 Å². The number of hydrogen-bond acceptors (Lipinski definition) is 5. The molecule has 0 spiro atoms. The Balaban J connectivity index is 2.08. The van der Waals surface area contributed by atoms with Crippen LogP contribution >= 0.6 is 39.1 Å². The Bertz CT molecular complexity index is 1580. The van der Waals surface area contributed by atoms with Crippen LogP contribution in [0.15, 0.2) is 62.8 Å². The molecule has 1 amide bonds. The SMILES string of the molecule is CCN(C)C(=O)c1cc(NS(=O)(=O)c2cc(Cl)cc(Cl)c2)ccc1S(=O)(=O)Nc1cc(Br)c(F)cc1C. The first-order chi connectivity index (χ1) is 17.1. The number of benzene rings is 3. The summed E-state index contributed by atoms with van der Waals surface area (Å²) in [6.07, 6.45) is 0. The van der Waals surface area contributed by atoms with E-state index in [0.29, 0.717) is 5.56 Å². The predicted octanol–water partition coefficient (Wildman–Crippen LogP) is 5.90. The Morgan fingerprint density at radius 2 is 1.59 bits per heavy atom. The third-order valence-corrected chi connectivity index (χ3v) is 9.06. The molecule has 0 aromatic heterocycles. The average molecular weight is 653 g/mol. The van der Waals surface area contributed by atoms with Crippen LogP contribution in [0, 0.1) is 12.7 Å². The van der Waals surface area contributed by atoms with Crippen LogP contribution in [0.3, 0.4) is 0 Å². The molecule has 2 N–H and O–H groups in total. The molecule has 0 unspecified atom stereocenters. The van der Waals surface area contributed by atoms with Gasteiger partial charge in [-0.3, -0.25) is 14.2 Å². The van der Waals surface area contributed by atoms with Crippen LogP contribution in [0.1, 0.15) is 22.8 Å². The first kappa shape index (κ1) is 29.2. The first-order valence-corrected chi connectivity index (χ1v) is 15.0. The van der Waals surface area contributed by atoms with Crippen molar-refractivity contribution in [1.82, 2.24) is 4.90 Å². The molecule has 0 fully saturated rings. The summed E-state index contributed by atoms with van der Waals surface area (Å²) in [7, 11) is -7.08. The third kappa shape index (κ3) is 6.74. The van der Waals surface area contributed by atoms with Gasteiger partial charge >= 0.3 is 0 Å². The van der Waals surface area contributed by atoms with Crippen molar-refractivity contribution < 1.29 is 26.0 Å². The molecular formula is C23H21BrCl2FN3O5S2. The van der Waals surface area contributed by atoms with E-state index in [1.807, 2.05) is 0 Å². The fourth-order valence-corrected chi connectivity index (χ4v) is 6.62. The van der Waals surface area contributed by atoms with Gasteiger partial charge in [0.15, 0.2) is 0 Å². The minimum atomic E-state index is -4.36. The van der Waals surface area contributed by atoms with E-state index in [9.17, 15) is 26.0 Å². The molecular weight excluding hydrogens is 632 g/mol. The van der Waals surface area contributed by atoms with Gasteiger partial charge in [0.1, 0.15) is 10.7 Å². The molecule has 0 aliphatic heterocycles. The Morgan fingerprint density at radius 1 is 0.973 bits per heavy atom. The summed E-state index contributed by atoms with van der Waals surface area (Å²) >= 11 is 14.9. The molecule has 0 saturated carbocycles. The third-order valence-electron chi connectivity index (χ3n) is 5.23. The highest BCUT2D eigenvalue weighted by atomic mass is 79.9. The number of carbonyl (C=O) groups is 1. The molecule has 3 rings (SSSR count). The van der Waals surface area contributed by atoms with Crippen LogP contribution in [0.2, 0.25) is 10.0 Å². The van der Waals surface area contributed by atoms with E-state index in [2.05, 4.69) is 25.4 Å². The van der Waals surface area contributed by atoms with Gasteiger partial charge in [-0.25, -0.2) is 21.2 Å². The van der Waals surface area contributed by atoms with E-state index in [-0.39, 0.29) is 42.9 Å². The molecule has 3 aromatic rings. The van der Waals surface area contributed by atoms with Crippen molar-refractivity contribution in [3.63, 3.8) is 0 Å². The van der Waals surface area contributed by atoms with Crippen molar-refractivity contribution in [2.75, 3.05) is 23.0 Å². The van der Waals surface area contributed by atoms with E-state index in [1.165, 1.54) is 49.2 Å². The van der Waals surface area contributed by atoms with Gasteiger partial charge in [0.05, 0.1) is 20.6 Å². The Hall–Kier alpha value is -2.38. The van der Waals surface area contributed by atoms with Crippen molar-refractivity contribution in [1.29, 1.82) is 0 Å². The average Bonchev–Trinajstić information content (AvgIpc) is 2.80. The minimum absolute atomic E-state index is 0.0451. The summed E-state index contributed by atoms with van der Waals surface area (Å²) in [5.74, 6) is -1.23. The molecule has 0 bridgehead atoms. The smallest absolute Gasteiger partial charge is 0.262 e. The molecule has 3 aromatic carbocycles. The molecule has 0 atom stereocenters. The van der Waals surface area contributed by atoms with E-state index < -0.39 is 36.7 Å². The number of carbonyl (C=O) groups excluding carboxylic acids is 1. The summed E-state index contributed by atoms with van der Waals surface area (Å²) in [6, 6.07) is 9.61. The highest BCUT2D eigenvalue weighted by molar-refractivity contribution is 9.10. The fourth-order valence-electron chi connectivity index (χ4n) is 3.20. The zero-order chi connectivity index (χ0) is 27.7. The minimum Gasteiger partial charge on any atom is -0.342 e. The maximum Gasteiger partial charge on any atom is 0.262 e. The van der Waals surface area contributed by atoms with Gasteiger partial charge in [0.2, 0.25) is 0 Å². The second-order valence-corrected chi connectivity index (χ2v) is 13.0. The Kier molecular flexibility index (Phi) is 8.80. The second kappa shape index (κ2) is 11.2. The standard InChI is InChI=1S/C23H21BrCl2FN3O5S2/c1-4-30(3)23(31)18-11-16(28-36(32,33)17-9-14(25)8-15(26)10-17)5-6-22(18)37(34,35)29-21-12-19(24)20(27)7-13(21)2/h5-12,28-29H,4H2,1-3H3. The molecule has 0 heterocycles. The normalized spacial score (nSPS) is 11.8. The lowest BCUT2D eigenvalue weighted by atomic mass is 10.2. The Labute approximate surface area is 233 Å². The van der Waals surface area contributed by atoms with Gasteiger partial charge in [-0.05, 0) is 83.9 Å². The van der Waals surface area contributed by atoms with Crippen molar-refractivity contribution in [3.8, 4) is 0 Å². The number of amides is 1. The van der Waals surface area contributed by atoms with Crippen LogP contribution in [0.5, 0.6) is 0 Å². The lowest BCUT2D eigenvalue weighted by Crippen LogP contribution is -2.29. The monoisotopic (exact) mass is 651 g/mol. The summed E-state index contributed by atoms with van der Waals surface area (Å²) in [6.45, 7) is 3.47. The van der Waals surface area contributed by atoms with Gasteiger partial charge in [-0.15, -0.1) is 0 Å². The van der Waals surface area contributed by atoms with Gasteiger partial charge in [0.25, 0.3) is 26.0 Å². The number of sulfonamides is 2. The molecule has 0 radical (unpaired) electrons. The number of halogens is 4. The van der Waals surface area contributed by atoms with Crippen LogP contribution in [-0.4, -0.2) is 41.2 Å². The summed E-state index contributed by atoms with van der Waals surface area (Å²) in [5, 5.41) is 0.201. The number of rotatable bonds is 8. The fraction of sp³-hybridized carbons (Fsp3) is 0.174. The number of hydrogen-bond donors (Lipinski definition) is 2. The molecule has 198 valence electrons.